The predicted molar refractivity (Wildman–Crippen MR) is 105 cm³/mol. The largest absolute Gasteiger partial charge is 0.416 e. The van der Waals surface area contributed by atoms with Gasteiger partial charge in [-0.05, 0) is 36.8 Å². The van der Waals surface area contributed by atoms with Crippen LogP contribution in [-0.2, 0) is 6.18 Å². The molecule has 1 aliphatic rings. The van der Waals surface area contributed by atoms with Gasteiger partial charge in [0.05, 0.1) is 12.2 Å². The zero-order valence-corrected chi connectivity index (χ0v) is 16.4. The van der Waals surface area contributed by atoms with E-state index in [1.54, 1.807) is 6.07 Å². The van der Waals surface area contributed by atoms with Gasteiger partial charge in [0, 0.05) is 43.6 Å². The number of alkyl halides is 3. The maximum absolute atomic E-state index is 12.8. The molecule has 0 aliphatic carbocycles. The summed E-state index contributed by atoms with van der Waals surface area (Å²) in [4.78, 5) is 20.3. The molecule has 3 N–H and O–H groups in total. The Bertz CT molecular complexity index is 899. The number of carbonyl (C=O) groups is 1. The average Bonchev–Trinajstić information content (AvgIpc) is 2.73. The average molecular weight is 424 g/mol. The van der Waals surface area contributed by atoms with E-state index in [4.69, 9.17) is 5.11 Å². The maximum atomic E-state index is 12.8. The Morgan fingerprint density at radius 1 is 1.23 bits per heavy atom. The number of aliphatic hydroxyl groups is 2. The normalized spacial score (nSPS) is 15.8. The van der Waals surface area contributed by atoms with Crippen molar-refractivity contribution in [1.29, 1.82) is 0 Å². The topological polar surface area (TPSA) is 88.9 Å². The van der Waals surface area contributed by atoms with Crippen LogP contribution in [0.4, 0.5) is 29.5 Å². The number of hydrogen-bond acceptors (Lipinski definition) is 5. The first-order valence-electron chi connectivity index (χ1n) is 9.42. The Kier molecular flexibility index (Phi) is 6.47. The van der Waals surface area contributed by atoms with Crippen LogP contribution in [0, 0.1) is 6.92 Å². The number of rotatable bonds is 4. The van der Waals surface area contributed by atoms with Gasteiger partial charge in [0.25, 0.3) is 0 Å². The van der Waals surface area contributed by atoms with Gasteiger partial charge in [-0.1, -0.05) is 6.07 Å². The molecule has 1 fully saturated rings. The summed E-state index contributed by atoms with van der Waals surface area (Å²) in [5.41, 5.74) is 0.633. The van der Waals surface area contributed by atoms with Crippen LogP contribution >= 0.6 is 0 Å². The fraction of sp³-hybridized carbons (Fsp3) is 0.400. The molecule has 10 heteroatoms. The number of halogens is 3. The van der Waals surface area contributed by atoms with E-state index in [0.29, 0.717) is 31.7 Å². The molecule has 0 unspecified atom stereocenters. The van der Waals surface area contributed by atoms with Gasteiger partial charge in [-0.3, -0.25) is 0 Å². The highest BCUT2D eigenvalue weighted by Gasteiger charge is 2.31. The Morgan fingerprint density at radius 3 is 2.53 bits per heavy atom. The smallest absolute Gasteiger partial charge is 0.393 e. The quantitative estimate of drug-likeness (QED) is 0.703. The van der Waals surface area contributed by atoms with Crippen molar-refractivity contribution in [3.8, 4) is 0 Å². The first-order chi connectivity index (χ1) is 14.2. The van der Waals surface area contributed by atoms with Gasteiger partial charge in [0.1, 0.15) is 11.9 Å². The molecule has 2 heterocycles. The highest BCUT2D eigenvalue weighted by Crippen LogP contribution is 2.30. The Labute approximate surface area is 171 Å². The van der Waals surface area contributed by atoms with E-state index in [1.165, 1.54) is 23.2 Å². The third kappa shape index (κ3) is 5.00. The van der Waals surface area contributed by atoms with E-state index >= 15 is 0 Å². The number of pyridine rings is 1. The number of nitrogens with zero attached hydrogens (tertiary/aromatic N) is 3. The summed E-state index contributed by atoms with van der Waals surface area (Å²) in [6, 6.07) is 5.83. The van der Waals surface area contributed by atoms with Crippen molar-refractivity contribution in [2.24, 2.45) is 0 Å². The van der Waals surface area contributed by atoms with E-state index in [1.807, 2.05) is 11.8 Å². The highest BCUT2D eigenvalue weighted by molar-refractivity contribution is 5.89. The number of aliphatic hydroxyl groups excluding tert-OH is 2. The molecular formula is C20H23F3N4O3. The minimum absolute atomic E-state index is 0.0906. The molecule has 1 saturated heterocycles. The molecule has 1 aliphatic heterocycles. The predicted octanol–water partition coefficient (Wildman–Crippen LogP) is 2.79. The van der Waals surface area contributed by atoms with Gasteiger partial charge in [0.2, 0.25) is 0 Å². The van der Waals surface area contributed by atoms with Crippen molar-refractivity contribution in [3.63, 3.8) is 0 Å². The van der Waals surface area contributed by atoms with Gasteiger partial charge in [-0.15, -0.1) is 0 Å². The van der Waals surface area contributed by atoms with Crippen LogP contribution in [0.1, 0.15) is 22.8 Å². The van der Waals surface area contributed by atoms with Crippen LogP contribution in [0.3, 0.4) is 0 Å². The number of piperazine rings is 1. The van der Waals surface area contributed by atoms with Crippen molar-refractivity contribution >= 4 is 17.5 Å². The molecule has 0 spiro atoms. The molecular weight excluding hydrogens is 401 g/mol. The number of aromatic nitrogens is 1. The lowest BCUT2D eigenvalue weighted by atomic mass is 10.1. The van der Waals surface area contributed by atoms with E-state index in [0.717, 1.165) is 23.5 Å². The first kappa shape index (κ1) is 21.8. The van der Waals surface area contributed by atoms with Crippen molar-refractivity contribution in [1.82, 2.24) is 9.88 Å². The number of amides is 2. The molecule has 0 saturated carbocycles. The number of urea groups is 1. The fourth-order valence-corrected chi connectivity index (χ4v) is 3.31. The number of benzene rings is 1. The molecule has 1 atom stereocenters. The second kappa shape index (κ2) is 8.88. The number of carbonyl (C=O) groups excluding carboxylic acids is 1. The third-order valence-electron chi connectivity index (χ3n) is 4.94. The lowest BCUT2D eigenvalue weighted by Crippen LogP contribution is -2.50. The summed E-state index contributed by atoms with van der Waals surface area (Å²) in [7, 11) is 0. The molecule has 7 nitrogen and oxygen atoms in total. The fourth-order valence-electron chi connectivity index (χ4n) is 3.31. The van der Waals surface area contributed by atoms with Crippen molar-refractivity contribution in [2.75, 3.05) is 43.0 Å². The number of nitrogens with one attached hydrogen (secondary N) is 1. The Balaban J connectivity index is 1.60. The molecule has 3 rings (SSSR count). The molecule has 162 valence electrons. The van der Waals surface area contributed by atoms with Gasteiger partial charge in [0.15, 0.2) is 0 Å². The summed E-state index contributed by atoms with van der Waals surface area (Å²) < 4.78 is 38.5. The number of hydrogen-bond donors (Lipinski definition) is 3. The lowest BCUT2D eigenvalue weighted by Gasteiger charge is -2.36. The van der Waals surface area contributed by atoms with Gasteiger partial charge < -0.3 is 25.3 Å². The molecule has 30 heavy (non-hydrogen) atoms. The van der Waals surface area contributed by atoms with E-state index < -0.39 is 23.9 Å². The number of aryl methyl sites for hydroxylation is 1. The Hall–Kier alpha value is -2.85. The van der Waals surface area contributed by atoms with Gasteiger partial charge >= 0.3 is 12.2 Å². The van der Waals surface area contributed by atoms with Crippen molar-refractivity contribution in [3.05, 3.63) is 53.2 Å². The van der Waals surface area contributed by atoms with E-state index in [9.17, 15) is 23.1 Å². The molecule has 0 radical (unpaired) electrons. The number of anilines is 2. The van der Waals surface area contributed by atoms with Crippen molar-refractivity contribution < 1.29 is 28.2 Å². The zero-order chi connectivity index (χ0) is 21.9. The summed E-state index contributed by atoms with van der Waals surface area (Å²) in [5, 5.41) is 21.3. The van der Waals surface area contributed by atoms with Crippen LogP contribution in [0.2, 0.25) is 0 Å². The summed E-state index contributed by atoms with van der Waals surface area (Å²) in [5.74, 6) is 0.724. The minimum atomic E-state index is -4.47. The Morgan fingerprint density at radius 2 is 1.93 bits per heavy atom. The SMILES string of the molecule is Cc1cc([C@H](O)CO)cnc1N1CCN(C(=O)Nc2cccc(C(F)(F)F)c2)CC1. The third-order valence-corrected chi connectivity index (χ3v) is 4.94. The second-order valence-corrected chi connectivity index (χ2v) is 7.09. The second-order valence-electron chi connectivity index (χ2n) is 7.09. The van der Waals surface area contributed by atoms with Crippen LogP contribution < -0.4 is 10.2 Å². The van der Waals surface area contributed by atoms with Gasteiger partial charge in [-0.2, -0.15) is 13.2 Å². The van der Waals surface area contributed by atoms with Gasteiger partial charge in [-0.25, -0.2) is 9.78 Å². The van der Waals surface area contributed by atoms with E-state index in [2.05, 4.69) is 10.3 Å². The first-order valence-corrected chi connectivity index (χ1v) is 9.42. The van der Waals surface area contributed by atoms with Crippen LogP contribution in [0.15, 0.2) is 36.5 Å². The molecule has 2 amide bonds. The summed E-state index contributed by atoms with van der Waals surface area (Å²) in [6.07, 6.45) is -3.95. The lowest BCUT2D eigenvalue weighted by molar-refractivity contribution is -0.137. The standard InChI is InChI=1S/C20H23F3N4O3/c1-13-9-14(17(29)12-28)11-24-18(13)26-5-7-27(8-6-26)19(30)25-16-4-2-3-15(10-16)20(21,22)23/h2-4,9-11,17,28-29H,5-8,12H2,1H3,(H,25,30)/t17-/m1/s1. The highest BCUT2D eigenvalue weighted by atomic mass is 19.4. The maximum Gasteiger partial charge on any atom is 0.416 e. The molecule has 2 aromatic rings. The molecule has 1 aromatic heterocycles. The monoisotopic (exact) mass is 424 g/mol. The van der Waals surface area contributed by atoms with E-state index in [-0.39, 0.29) is 12.3 Å². The van der Waals surface area contributed by atoms with Crippen LogP contribution in [0.5, 0.6) is 0 Å². The van der Waals surface area contributed by atoms with Crippen LogP contribution in [-0.4, -0.2) is 58.9 Å². The van der Waals surface area contributed by atoms with Crippen molar-refractivity contribution in [2.45, 2.75) is 19.2 Å². The zero-order valence-electron chi connectivity index (χ0n) is 16.4. The molecule has 1 aromatic carbocycles. The minimum Gasteiger partial charge on any atom is -0.393 e. The summed E-state index contributed by atoms with van der Waals surface area (Å²) in [6.45, 7) is 3.24. The molecule has 0 bridgehead atoms. The van der Waals surface area contributed by atoms with Crippen LogP contribution in [0.25, 0.3) is 0 Å². The summed E-state index contributed by atoms with van der Waals surface area (Å²) >= 11 is 0.